The van der Waals surface area contributed by atoms with Crippen LogP contribution >= 0.6 is 0 Å². The van der Waals surface area contributed by atoms with Crippen molar-refractivity contribution in [1.82, 2.24) is 0 Å². The van der Waals surface area contributed by atoms with E-state index in [9.17, 15) is 0 Å². The molecule has 0 saturated carbocycles. The van der Waals surface area contributed by atoms with Crippen molar-refractivity contribution in [3.8, 4) is 0 Å². The molecule has 0 amide bonds. The minimum atomic E-state index is 1.12. The summed E-state index contributed by atoms with van der Waals surface area (Å²) in [5.41, 5.74) is 4.33. The summed E-state index contributed by atoms with van der Waals surface area (Å²) >= 11 is 0. The minimum Gasteiger partial charge on any atom is -0.385 e. The van der Waals surface area contributed by atoms with Gasteiger partial charge in [-0.3, -0.25) is 0 Å². The zero-order valence-corrected chi connectivity index (χ0v) is 13.1. The summed E-state index contributed by atoms with van der Waals surface area (Å²) in [7, 11) is 0. The number of rotatable bonds is 10. The maximum absolute atomic E-state index is 3.67. The number of hydrogen-bond donors (Lipinski definition) is 1. The summed E-state index contributed by atoms with van der Waals surface area (Å²) in [6.45, 7) is 7.88. The second-order valence-electron chi connectivity index (χ2n) is 5.35. The van der Waals surface area contributed by atoms with Gasteiger partial charge < -0.3 is 5.32 Å². The van der Waals surface area contributed by atoms with E-state index in [0.717, 1.165) is 19.4 Å². The monoisotopic (exact) mass is 261 g/mol. The highest BCUT2D eigenvalue weighted by Gasteiger charge is 2.04. The Hall–Kier alpha value is -0.980. The number of unbranched alkanes of at least 4 members (excludes halogenated alkanes) is 5. The van der Waals surface area contributed by atoms with Gasteiger partial charge in [0.15, 0.2) is 0 Å². The highest BCUT2D eigenvalue weighted by Crippen LogP contribution is 2.22. The third kappa shape index (κ3) is 5.67. The van der Waals surface area contributed by atoms with E-state index in [1.54, 1.807) is 0 Å². The normalized spacial score (nSPS) is 10.7. The molecule has 0 spiro atoms. The zero-order chi connectivity index (χ0) is 13.9. The number of anilines is 1. The summed E-state index contributed by atoms with van der Waals surface area (Å²) in [6, 6.07) is 6.69. The quantitative estimate of drug-likeness (QED) is 0.542. The number of hydrogen-bond acceptors (Lipinski definition) is 1. The van der Waals surface area contributed by atoms with Crippen LogP contribution in [0.15, 0.2) is 18.2 Å². The molecule has 0 aliphatic heterocycles. The van der Waals surface area contributed by atoms with Gasteiger partial charge in [-0.25, -0.2) is 0 Å². The van der Waals surface area contributed by atoms with Gasteiger partial charge in [0, 0.05) is 12.2 Å². The van der Waals surface area contributed by atoms with Crippen molar-refractivity contribution in [3.63, 3.8) is 0 Å². The summed E-state index contributed by atoms with van der Waals surface area (Å²) in [5.74, 6) is 0. The largest absolute Gasteiger partial charge is 0.385 e. The third-order valence-corrected chi connectivity index (χ3v) is 3.83. The van der Waals surface area contributed by atoms with E-state index < -0.39 is 0 Å². The first kappa shape index (κ1) is 16.1. The standard InChI is InChI=1S/C18H31N/c1-4-7-8-9-10-11-15-19-18-16(5-2)13-12-14-17(18)6-3/h12-14,19H,4-11,15H2,1-3H3. The van der Waals surface area contributed by atoms with Crippen molar-refractivity contribution in [2.45, 2.75) is 72.1 Å². The Balaban J connectivity index is 2.35. The lowest BCUT2D eigenvalue weighted by molar-refractivity contribution is 0.617. The van der Waals surface area contributed by atoms with Crippen LogP contribution in [0.2, 0.25) is 0 Å². The maximum atomic E-state index is 3.67. The van der Waals surface area contributed by atoms with Crippen LogP contribution in [0.4, 0.5) is 5.69 Å². The average molecular weight is 261 g/mol. The average Bonchev–Trinajstić information content (AvgIpc) is 2.46. The van der Waals surface area contributed by atoms with Gasteiger partial charge in [0.1, 0.15) is 0 Å². The number of para-hydroxylation sites is 1. The van der Waals surface area contributed by atoms with Gasteiger partial charge in [-0.1, -0.05) is 71.1 Å². The third-order valence-electron chi connectivity index (χ3n) is 3.83. The van der Waals surface area contributed by atoms with Crippen molar-refractivity contribution in [1.29, 1.82) is 0 Å². The van der Waals surface area contributed by atoms with Crippen LogP contribution in [0.25, 0.3) is 0 Å². The summed E-state index contributed by atoms with van der Waals surface area (Å²) in [4.78, 5) is 0. The molecular weight excluding hydrogens is 230 g/mol. The Morgan fingerprint density at radius 2 is 1.37 bits per heavy atom. The first-order chi connectivity index (χ1) is 9.33. The second kappa shape index (κ2) is 9.89. The Labute approximate surface area is 119 Å². The Morgan fingerprint density at radius 3 is 1.95 bits per heavy atom. The molecule has 0 aliphatic rings. The molecule has 0 aliphatic carbocycles. The van der Waals surface area contributed by atoms with Crippen molar-refractivity contribution < 1.29 is 0 Å². The predicted molar refractivity (Wildman–Crippen MR) is 87.1 cm³/mol. The molecule has 1 aromatic carbocycles. The zero-order valence-electron chi connectivity index (χ0n) is 13.1. The van der Waals surface area contributed by atoms with E-state index in [1.165, 1.54) is 55.3 Å². The Kier molecular flexibility index (Phi) is 8.36. The highest BCUT2D eigenvalue weighted by molar-refractivity contribution is 5.57. The molecule has 1 N–H and O–H groups in total. The maximum Gasteiger partial charge on any atom is 0.0405 e. The molecule has 1 heteroatoms. The summed E-state index contributed by atoms with van der Waals surface area (Å²) in [6.07, 6.45) is 10.4. The van der Waals surface area contributed by atoms with E-state index in [1.807, 2.05) is 0 Å². The van der Waals surface area contributed by atoms with Crippen molar-refractivity contribution >= 4 is 5.69 Å². The van der Waals surface area contributed by atoms with Gasteiger partial charge in [0.25, 0.3) is 0 Å². The van der Waals surface area contributed by atoms with Gasteiger partial charge in [-0.05, 0) is 30.4 Å². The van der Waals surface area contributed by atoms with E-state index in [4.69, 9.17) is 0 Å². The van der Waals surface area contributed by atoms with Crippen LogP contribution < -0.4 is 5.32 Å². The molecule has 1 rings (SSSR count). The van der Waals surface area contributed by atoms with Gasteiger partial charge in [-0.15, -0.1) is 0 Å². The van der Waals surface area contributed by atoms with Crippen molar-refractivity contribution in [3.05, 3.63) is 29.3 Å². The smallest absolute Gasteiger partial charge is 0.0405 e. The van der Waals surface area contributed by atoms with E-state index in [-0.39, 0.29) is 0 Å². The molecule has 0 unspecified atom stereocenters. The molecule has 19 heavy (non-hydrogen) atoms. The van der Waals surface area contributed by atoms with Crippen LogP contribution in [0.1, 0.15) is 70.4 Å². The van der Waals surface area contributed by atoms with E-state index in [0.29, 0.717) is 0 Å². The Morgan fingerprint density at radius 1 is 0.789 bits per heavy atom. The van der Waals surface area contributed by atoms with Crippen LogP contribution in [-0.2, 0) is 12.8 Å². The molecule has 0 radical (unpaired) electrons. The van der Waals surface area contributed by atoms with Gasteiger partial charge >= 0.3 is 0 Å². The topological polar surface area (TPSA) is 12.0 Å². The minimum absolute atomic E-state index is 1.12. The van der Waals surface area contributed by atoms with Crippen LogP contribution in [-0.4, -0.2) is 6.54 Å². The molecule has 0 fully saturated rings. The fourth-order valence-corrected chi connectivity index (χ4v) is 2.59. The summed E-state index contributed by atoms with van der Waals surface area (Å²) < 4.78 is 0. The SMILES string of the molecule is CCCCCCCCNc1c(CC)cccc1CC. The molecule has 1 nitrogen and oxygen atoms in total. The summed E-state index contributed by atoms with van der Waals surface area (Å²) in [5, 5.41) is 3.67. The van der Waals surface area contributed by atoms with Crippen LogP contribution in [0, 0.1) is 0 Å². The predicted octanol–water partition coefficient (Wildman–Crippen LogP) is 5.58. The molecule has 0 aromatic heterocycles. The van der Waals surface area contributed by atoms with Gasteiger partial charge in [-0.2, -0.15) is 0 Å². The van der Waals surface area contributed by atoms with Gasteiger partial charge in [0.2, 0.25) is 0 Å². The van der Waals surface area contributed by atoms with Crippen LogP contribution in [0.3, 0.4) is 0 Å². The molecule has 0 bridgehead atoms. The first-order valence-electron chi connectivity index (χ1n) is 8.18. The lowest BCUT2D eigenvalue weighted by atomic mass is 10.0. The number of aryl methyl sites for hydroxylation is 2. The number of nitrogens with one attached hydrogen (secondary N) is 1. The Bertz CT molecular complexity index is 321. The van der Waals surface area contributed by atoms with Crippen molar-refractivity contribution in [2.75, 3.05) is 11.9 Å². The van der Waals surface area contributed by atoms with Crippen LogP contribution in [0.5, 0.6) is 0 Å². The van der Waals surface area contributed by atoms with Crippen molar-refractivity contribution in [2.24, 2.45) is 0 Å². The lowest BCUT2D eigenvalue weighted by Gasteiger charge is -2.15. The van der Waals surface area contributed by atoms with Gasteiger partial charge in [0.05, 0.1) is 0 Å². The first-order valence-corrected chi connectivity index (χ1v) is 8.18. The molecule has 108 valence electrons. The second-order valence-corrected chi connectivity index (χ2v) is 5.35. The highest BCUT2D eigenvalue weighted by atomic mass is 14.9. The fraction of sp³-hybridized carbons (Fsp3) is 0.667. The molecular formula is C18H31N. The lowest BCUT2D eigenvalue weighted by Crippen LogP contribution is -2.06. The molecule has 0 heterocycles. The van der Waals surface area contributed by atoms with E-state index >= 15 is 0 Å². The molecule has 0 atom stereocenters. The fourth-order valence-electron chi connectivity index (χ4n) is 2.59. The molecule has 0 saturated heterocycles. The van der Waals surface area contributed by atoms with E-state index in [2.05, 4.69) is 44.3 Å². The number of benzene rings is 1. The molecule has 1 aromatic rings.